The summed E-state index contributed by atoms with van der Waals surface area (Å²) in [6.07, 6.45) is 0. The molecule has 0 bridgehead atoms. The highest BCUT2D eigenvalue weighted by Crippen LogP contribution is 2.21. The van der Waals surface area contributed by atoms with Crippen molar-refractivity contribution in [3.05, 3.63) is 57.8 Å². The Kier molecular flexibility index (Phi) is 7.17. The van der Waals surface area contributed by atoms with Crippen molar-refractivity contribution in [2.75, 3.05) is 20.1 Å². The monoisotopic (exact) mass is 374 g/mol. The van der Waals surface area contributed by atoms with E-state index in [0.29, 0.717) is 24.6 Å². The van der Waals surface area contributed by atoms with Crippen molar-refractivity contribution in [3.8, 4) is 0 Å². The van der Waals surface area contributed by atoms with Crippen molar-refractivity contribution in [2.24, 2.45) is 4.99 Å². The summed E-state index contributed by atoms with van der Waals surface area (Å²) in [7, 11) is 1.61. The summed E-state index contributed by atoms with van der Waals surface area (Å²) in [6.45, 7) is 5.33. The van der Waals surface area contributed by atoms with Gasteiger partial charge >= 0.3 is 0 Å². The molecule has 0 saturated heterocycles. The third-order valence-corrected chi connectivity index (χ3v) is 4.63. The van der Waals surface area contributed by atoms with Crippen LogP contribution < -0.4 is 16.0 Å². The lowest BCUT2D eigenvalue weighted by atomic mass is 9.99. The lowest BCUT2D eigenvalue weighted by molar-refractivity contribution is 0.0621. The minimum atomic E-state index is -0.967. The van der Waals surface area contributed by atoms with Gasteiger partial charge in [0.1, 0.15) is 5.60 Å². The summed E-state index contributed by atoms with van der Waals surface area (Å²) >= 11 is 1.56. The number of hydrogen-bond donors (Lipinski definition) is 4. The molecule has 0 aliphatic rings. The van der Waals surface area contributed by atoms with E-state index in [1.54, 1.807) is 37.4 Å². The van der Waals surface area contributed by atoms with Gasteiger partial charge in [-0.05, 0) is 53.9 Å². The quantitative estimate of drug-likeness (QED) is 0.441. The highest BCUT2D eigenvalue weighted by atomic mass is 32.1. The van der Waals surface area contributed by atoms with E-state index in [0.717, 1.165) is 17.7 Å². The van der Waals surface area contributed by atoms with Crippen LogP contribution in [0, 0.1) is 0 Å². The summed E-state index contributed by atoms with van der Waals surface area (Å²) in [4.78, 5) is 16.1. The predicted molar refractivity (Wildman–Crippen MR) is 107 cm³/mol. The second kappa shape index (κ2) is 9.35. The minimum Gasteiger partial charge on any atom is -0.384 e. The lowest BCUT2D eigenvalue weighted by Crippen LogP contribution is -2.44. The predicted octanol–water partition coefficient (Wildman–Crippen LogP) is 2.07. The molecule has 0 spiro atoms. The molecule has 4 N–H and O–H groups in total. The van der Waals surface area contributed by atoms with Crippen molar-refractivity contribution < 1.29 is 9.90 Å². The zero-order valence-corrected chi connectivity index (χ0v) is 16.2. The fourth-order valence-electron chi connectivity index (χ4n) is 2.35. The number of aliphatic hydroxyl groups is 1. The first-order valence-electron chi connectivity index (χ1n) is 8.54. The molecule has 0 radical (unpaired) electrons. The molecule has 1 heterocycles. The van der Waals surface area contributed by atoms with Crippen LogP contribution in [0.4, 0.5) is 0 Å². The molecule has 7 heteroatoms. The van der Waals surface area contributed by atoms with E-state index >= 15 is 0 Å². The average molecular weight is 375 g/mol. The van der Waals surface area contributed by atoms with Crippen LogP contribution in [-0.2, 0) is 12.1 Å². The van der Waals surface area contributed by atoms with Gasteiger partial charge in [-0.15, -0.1) is 0 Å². The van der Waals surface area contributed by atoms with E-state index in [1.807, 2.05) is 35.9 Å². The number of nitrogens with zero attached hydrogens (tertiary/aromatic N) is 1. The van der Waals surface area contributed by atoms with E-state index in [1.165, 1.54) is 0 Å². The summed E-state index contributed by atoms with van der Waals surface area (Å²) in [6, 6.07) is 9.26. The normalized spacial score (nSPS) is 13.8. The van der Waals surface area contributed by atoms with Gasteiger partial charge in [0.05, 0.1) is 13.1 Å². The number of amides is 1. The standard InChI is InChI=1S/C19H26N4O2S/c1-4-21-18(23-13-19(2,25)16-9-10-26-12-16)22-11-14-5-7-15(8-6-14)17(24)20-3/h5-10,12,25H,4,11,13H2,1-3H3,(H,20,24)(H2,21,22,23). The molecule has 1 unspecified atom stereocenters. The maximum absolute atomic E-state index is 11.6. The van der Waals surface area contributed by atoms with Gasteiger partial charge in [-0.2, -0.15) is 11.3 Å². The maximum atomic E-state index is 11.6. The van der Waals surface area contributed by atoms with Gasteiger partial charge < -0.3 is 21.1 Å². The number of aliphatic imine (C=N–C) groups is 1. The number of rotatable bonds is 7. The number of hydrogen-bond acceptors (Lipinski definition) is 4. The molecule has 2 aromatic rings. The lowest BCUT2D eigenvalue weighted by Gasteiger charge is -2.24. The van der Waals surface area contributed by atoms with Gasteiger partial charge in [-0.3, -0.25) is 4.79 Å². The Morgan fingerprint density at radius 3 is 2.54 bits per heavy atom. The molecular formula is C19H26N4O2S. The van der Waals surface area contributed by atoms with E-state index in [9.17, 15) is 9.90 Å². The second-order valence-electron chi connectivity index (χ2n) is 6.11. The Labute approximate surface area is 158 Å². The first kappa shape index (κ1) is 19.9. The Balaban J connectivity index is 1.99. The van der Waals surface area contributed by atoms with Crippen LogP contribution in [0.1, 0.15) is 35.3 Å². The third kappa shape index (κ3) is 5.57. The van der Waals surface area contributed by atoms with Gasteiger partial charge in [0, 0.05) is 19.2 Å². The molecule has 0 aliphatic carbocycles. The summed E-state index contributed by atoms with van der Waals surface area (Å²) in [5, 5.41) is 23.5. The van der Waals surface area contributed by atoms with Gasteiger partial charge in [-0.1, -0.05) is 12.1 Å². The highest BCUT2D eigenvalue weighted by Gasteiger charge is 2.23. The smallest absolute Gasteiger partial charge is 0.251 e. The SMILES string of the molecule is CCNC(=NCc1ccc(C(=O)NC)cc1)NCC(C)(O)c1ccsc1. The molecule has 0 saturated carbocycles. The Morgan fingerprint density at radius 2 is 1.96 bits per heavy atom. The zero-order valence-electron chi connectivity index (χ0n) is 15.4. The van der Waals surface area contributed by atoms with Crippen LogP contribution in [-0.4, -0.2) is 37.1 Å². The average Bonchev–Trinajstić information content (AvgIpc) is 3.19. The molecule has 0 aliphatic heterocycles. The van der Waals surface area contributed by atoms with Crippen LogP contribution in [0.3, 0.4) is 0 Å². The number of thiophene rings is 1. The van der Waals surface area contributed by atoms with Gasteiger partial charge in [0.2, 0.25) is 0 Å². The van der Waals surface area contributed by atoms with Gasteiger partial charge in [0.15, 0.2) is 5.96 Å². The molecule has 1 amide bonds. The Morgan fingerprint density at radius 1 is 1.23 bits per heavy atom. The van der Waals surface area contributed by atoms with Crippen molar-refractivity contribution >= 4 is 23.2 Å². The first-order chi connectivity index (χ1) is 12.5. The fraction of sp³-hybridized carbons (Fsp3) is 0.368. The zero-order chi connectivity index (χ0) is 19.0. The van der Waals surface area contributed by atoms with Crippen molar-refractivity contribution in [1.82, 2.24) is 16.0 Å². The number of guanidine groups is 1. The Bertz CT molecular complexity index is 725. The number of carbonyl (C=O) groups is 1. The van der Waals surface area contributed by atoms with Crippen molar-refractivity contribution in [1.29, 1.82) is 0 Å². The number of carbonyl (C=O) groups excluding carboxylic acids is 1. The number of nitrogens with one attached hydrogen (secondary N) is 3. The van der Waals surface area contributed by atoms with E-state index in [4.69, 9.17) is 0 Å². The molecule has 2 rings (SSSR count). The van der Waals surface area contributed by atoms with Gasteiger partial charge in [0.25, 0.3) is 5.91 Å². The summed E-state index contributed by atoms with van der Waals surface area (Å²) < 4.78 is 0. The fourth-order valence-corrected chi connectivity index (χ4v) is 3.13. The largest absolute Gasteiger partial charge is 0.384 e. The molecular weight excluding hydrogens is 348 g/mol. The minimum absolute atomic E-state index is 0.106. The molecule has 1 aromatic heterocycles. The van der Waals surface area contributed by atoms with Crippen molar-refractivity contribution in [3.63, 3.8) is 0 Å². The maximum Gasteiger partial charge on any atom is 0.251 e. The van der Waals surface area contributed by atoms with Crippen molar-refractivity contribution in [2.45, 2.75) is 26.0 Å². The van der Waals surface area contributed by atoms with Gasteiger partial charge in [-0.25, -0.2) is 4.99 Å². The molecule has 1 atom stereocenters. The first-order valence-corrected chi connectivity index (χ1v) is 9.49. The molecule has 140 valence electrons. The van der Waals surface area contributed by atoms with Crippen LogP contribution in [0.2, 0.25) is 0 Å². The van der Waals surface area contributed by atoms with E-state index < -0.39 is 5.60 Å². The molecule has 0 fully saturated rings. The Hall–Kier alpha value is -2.38. The van der Waals surface area contributed by atoms with Crippen LogP contribution in [0.5, 0.6) is 0 Å². The van der Waals surface area contributed by atoms with Crippen LogP contribution >= 0.6 is 11.3 Å². The summed E-state index contributed by atoms with van der Waals surface area (Å²) in [5.41, 5.74) is 1.54. The molecule has 26 heavy (non-hydrogen) atoms. The third-order valence-electron chi connectivity index (χ3n) is 3.95. The topological polar surface area (TPSA) is 85.8 Å². The molecule has 6 nitrogen and oxygen atoms in total. The highest BCUT2D eigenvalue weighted by molar-refractivity contribution is 7.08. The summed E-state index contributed by atoms with van der Waals surface area (Å²) in [5.74, 6) is 0.532. The van der Waals surface area contributed by atoms with E-state index in [2.05, 4.69) is 20.9 Å². The van der Waals surface area contributed by atoms with E-state index in [-0.39, 0.29) is 5.91 Å². The molecule has 1 aromatic carbocycles. The van der Waals surface area contributed by atoms with Crippen LogP contribution in [0.15, 0.2) is 46.1 Å². The second-order valence-corrected chi connectivity index (χ2v) is 6.89. The van der Waals surface area contributed by atoms with Crippen LogP contribution in [0.25, 0.3) is 0 Å². The number of benzene rings is 1.